The third kappa shape index (κ3) is 5.82. The summed E-state index contributed by atoms with van der Waals surface area (Å²) in [5.41, 5.74) is 1.63. The predicted octanol–water partition coefficient (Wildman–Crippen LogP) is 4.58. The van der Waals surface area contributed by atoms with Crippen LogP contribution in [0.4, 0.5) is 5.69 Å². The number of amides is 1. The molecule has 0 radical (unpaired) electrons. The number of rotatable bonds is 9. The molecule has 0 fully saturated rings. The van der Waals surface area contributed by atoms with Crippen molar-refractivity contribution in [1.29, 1.82) is 5.26 Å². The van der Waals surface area contributed by atoms with Crippen LogP contribution in [-0.2, 0) is 17.8 Å². The number of nitriles is 1. The molecule has 1 amide bonds. The van der Waals surface area contributed by atoms with Gasteiger partial charge in [0, 0.05) is 28.7 Å². The first-order valence-electron chi connectivity index (χ1n) is 9.05. The van der Waals surface area contributed by atoms with E-state index in [1.807, 2.05) is 23.6 Å². The fourth-order valence-electron chi connectivity index (χ4n) is 2.76. The van der Waals surface area contributed by atoms with Gasteiger partial charge in [-0.1, -0.05) is 29.4 Å². The van der Waals surface area contributed by atoms with Gasteiger partial charge in [0.15, 0.2) is 5.16 Å². The topological polar surface area (TPSA) is 74.8 Å². The standard InChI is InChI=1S/C20H20ClN5OS2/c1-15-12-16(5-6-18(15)21)26(9-3-8-22)19(27)13-29-20-24-23-14-25(20)10-7-17-4-2-11-28-17/h2,4-6,11-12,14H,3,7,9-10,13H2,1H3. The number of nitrogens with zero attached hydrogens (tertiary/aromatic N) is 5. The van der Waals surface area contributed by atoms with E-state index in [1.165, 1.54) is 16.6 Å². The first kappa shape index (κ1) is 21.4. The number of benzene rings is 1. The number of thiophene rings is 1. The van der Waals surface area contributed by atoms with Crippen molar-refractivity contribution in [3.8, 4) is 6.07 Å². The quantitative estimate of drug-likeness (QED) is 0.450. The van der Waals surface area contributed by atoms with Crippen LogP contribution in [0.1, 0.15) is 16.9 Å². The summed E-state index contributed by atoms with van der Waals surface area (Å²) < 4.78 is 1.96. The first-order valence-corrected chi connectivity index (χ1v) is 11.3. The maximum Gasteiger partial charge on any atom is 0.237 e. The zero-order valence-corrected chi connectivity index (χ0v) is 18.3. The van der Waals surface area contributed by atoms with Gasteiger partial charge in [-0.05, 0) is 48.6 Å². The molecule has 1 aromatic carbocycles. The number of hydrogen-bond donors (Lipinski definition) is 0. The second-order valence-corrected chi connectivity index (χ2v) is 8.69. The van der Waals surface area contributed by atoms with Gasteiger partial charge in [0.1, 0.15) is 6.33 Å². The summed E-state index contributed by atoms with van der Waals surface area (Å²) in [7, 11) is 0. The van der Waals surface area contributed by atoms with Gasteiger partial charge in [-0.15, -0.1) is 21.5 Å². The Morgan fingerprint density at radius 3 is 3.00 bits per heavy atom. The van der Waals surface area contributed by atoms with Crippen molar-refractivity contribution in [3.05, 3.63) is 57.5 Å². The fraction of sp³-hybridized carbons (Fsp3) is 0.300. The Balaban J connectivity index is 1.65. The van der Waals surface area contributed by atoms with Crippen LogP contribution in [0.25, 0.3) is 0 Å². The number of halogens is 1. The second-order valence-electron chi connectivity index (χ2n) is 6.31. The molecular formula is C20H20ClN5OS2. The largest absolute Gasteiger partial charge is 0.311 e. The Kier molecular flexibility index (Phi) is 7.69. The molecule has 29 heavy (non-hydrogen) atoms. The van der Waals surface area contributed by atoms with Crippen molar-refractivity contribution in [2.75, 3.05) is 17.2 Å². The number of anilines is 1. The van der Waals surface area contributed by atoms with Gasteiger partial charge in [-0.25, -0.2) is 0 Å². The molecular weight excluding hydrogens is 426 g/mol. The van der Waals surface area contributed by atoms with Crippen LogP contribution in [0.15, 0.2) is 47.2 Å². The molecule has 0 spiro atoms. The van der Waals surface area contributed by atoms with E-state index in [1.54, 1.807) is 34.7 Å². The smallest absolute Gasteiger partial charge is 0.237 e. The Hall–Kier alpha value is -2.34. The van der Waals surface area contributed by atoms with E-state index in [0.29, 0.717) is 16.7 Å². The van der Waals surface area contributed by atoms with Crippen LogP contribution in [0.5, 0.6) is 0 Å². The fourth-order valence-corrected chi connectivity index (χ4v) is 4.39. The van der Waals surface area contributed by atoms with Gasteiger partial charge in [-0.2, -0.15) is 5.26 Å². The molecule has 2 heterocycles. The van der Waals surface area contributed by atoms with Crippen molar-refractivity contribution in [2.24, 2.45) is 0 Å². The van der Waals surface area contributed by atoms with Crippen molar-refractivity contribution < 1.29 is 4.79 Å². The Labute approximate surface area is 183 Å². The SMILES string of the molecule is Cc1cc(N(CCC#N)C(=O)CSc2nncn2CCc2cccs2)ccc1Cl. The first-order chi connectivity index (χ1) is 14.1. The Bertz CT molecular complexity index is 997. The average Bonchev–Trinajstić information content (AvgIpc) is 3.39. The van der Waals surface area contributed by atoms with E-state index in [-0.39, 0.29) is 18.1 Å². The molecule has 0 atom stereocenters. The van der Waals surface area contributed by atoms with Crippen molar-refractivity contribution in [2.45, 2.75) is 31.5 Å². The lowest BCUT2D eigenvalue weighted by atomic mass is 10.2. The lowest BCUT2D eigenvalue weighted by molar-refractivity contribution is -0.116. The van der Waals surface area contributed by atoms with Crippen LogP contribution in [-0.4, -0.2) is 33.0 Å². The minimum atomic E-state index is -0.0835. The van der Waals surface area contributed by atoms with E-state index in [4.69, 9.17) is 16.9 Å². The van der Waals surface area contributed by atoms with Gasteiger partial charge < -0.3 is 9.47 Å². The molecule has 0 saturated heterocycles. The zero-order valence-electron chi connectivity index (χ0n) is 15.9. The third-order valence-corrected chi connectivity index (χ3v) is 6.61. The molecule has 2 aromatic heterocycles. The normalized spacial score (nSPS) is 10.7. The molecule has 150 valence electrons. The van der Waals surface area contributed by atoms with Gasteiger partial charge in [0.05, 0.1) is 18.2 Å². The van der Waals surface area contributed by atoms with Crippen molar-refractivity contribution in [1.82, 2.24) is 14.8 Å². The minimum Gasteiger partial charge on any atom is -0.311 e. The number of hydrogen-bond acceptors (Lipinski definition) is 6. The highest BCUT2D eigenvalue weighted by atomic mass is 35.5. The lowest BCUT2D eigenvalue weighted by Gasteiger charge is -2.22. The molecule has 0 bridgehead atoms. The van der Waals surface area contributed by atoms with Gasteiger partial charge in [-0.3, -0.25) is 4.79 Å². The molecule has 0 aliphatic carbocycles. The van der Waals surface area contributed by atoms with Gasteiger partial charge in [0.25, 0.3) is 0 Å². The number of aryl methyl sites for hydroxylation is 3. The maximum absolute atomic E-state index is 12.9. The number of carbonyl (C=O) groups is 1. The minimum absolute atomic E-state index is 0.0835. The van der Waals surface area contributed by atoms with Crippen LogP contribution in [0, 0.1) is 18.3 Å². The predicted molar refractivity (Wildman–Crippen MR) is 118 cm³/mol. The summed E-state index contributed by atoms with van der Waals surface area (Å²) in [6.07, 6.45) is 2.85. The van der Waals surface area contributed by atoms with Crippen LogP contribution in [0.3, 0.4) is 0 Å². The number of aromatic nitrogens is 3. The summed E-state index contributed by atoms with van der Waals surface area (Å²) in [5.74, 6) is 0.130. The molecule has 0 aliphatic rings. The average molecular weight is 446 g/mol. The molecule has 0 saturated carbocycles. The molecule has 3 rings (SSSR count). The molecule has 6 nitrogen and oxygen atoms in total. The number of carbonyl (C=O) groups excluding carboxylic acids is 1. The highest BCUT2D eigenvalue weighted by Crippen LogP contribution is 2.24. The second kappa shape index (κ2) is 10.4. The number of thioether (sulfide) groups is 1. The molecule has 3 aromatic rings. The van der Waals surface area contributed by atoms with Crippen molar-refractivity contribution in [3.63, 3.8) is 0 Å². The van der Waals surface area contributed by atoms with Crippen LogP contribution in [0.2, 0.25) is 5.02 Å². The summed E-state index contributed by atoms with van der Waals surface area (Å²) in [4.78, 5) is 15.8. The summed E-state index contributed by atoms with van der Waals surface area (Å²) in [5, 5.41) is 20.5. The van der Waals surface area contributed by atoms with Crippen LogP contribution >= 0.6 is 34.7 Å². The molecule has 9 heteroatoms. The molecule has 0 aliphatic heterocycles. The van der Waals surface area contributed by atoms with E-state index in [0.717, 1.165) is 24.2 Å². The third-order valence-electron chi connectivity index (χ3n) is 4.29. The van der Waals surface area contributed by atoms with E-state index in [9.17, 15) is 4.79 Å². The monoisotopic (exact) mass is 445 g/mol. The van der Waals surface area contributed by atoms with Crippen LogP contribution < -0.4 is 4.90 Å². The summed E-state index contributed by atoms with van der Waals surface area (Å²) in [6, 6.07) is 11.7. The summed E-state index contributed by atoms with van der Waals surface area (Å²) >= 11 is 9.18. The lowest BCUT2D eigenvalue weighted by Crippen LogP contribution is -2.33. The van der Waals surface area contributed by atoms with Crippen molar-refractivity contribution >= 4 is 46.3 Å². The van der Waals surface area contributed by atoms with E-state index >= 15 is 0 Å². The maximum atomic E-state index is 12.9. The Morgan fingerprint density at radius 2 is 2.28 bits per heavy atom. The van der Waals surface area contributed by atoms with Gasteiger partial charge >= 0.3 is 0 Å². The highest BCUT2D eigenvalue weighted by Gasteiger charge is 2.18. The zero-order chi connectivity index (χ0) is 20.6. The Morgan fingerprint density at radius 1 is 1.41 bits per heavy atom. The molecule has 0 unspecified atom stereocenters. The van der Waals surface area contributed by atoms with E-state index < -0.39 is 0 Å². The molecule has 0 N–H and O–H groups in total. The van der Waals surface area contributed by atoms with Gasteiger partial charge in [0.2, 0.25) is 5.91 Å². The highest BCUT2D eigenvalue weighted by molar-refractivity contribution is 7.99. The summed E-state index contributed by atoms with van der Waals surface area (Å²) in [6.45, 7) is 2.99. The van der Waals surface area contributed by atoms with E-state index in [2.05, 4.69) is 27.7 Å².